The minimum Gasteiger partial charge on any atom is -0.481 e. The summed E-state index contributed by atoms with van der Waals surface area (Å²) in [6, 6.07) is 0. The van der Waals surface area contributed by atoms with Crippen molar-refractivity contribution in [3.8, 4) is 0 Å². The van der Waals surface area contributed by atoms with Crippen molar-refractivity contribution in [1.82, 2.24) is 9.36 Å². The van der Waals surface area contributed by atoms with Gasteiger partial charge in [-0.15, -0.1) is 0 Å². The summed E-state index contributed by atoms with van der Waals surface area (Å²) in [6.45, 7) is 0. The molecule has 1 unspecified atom stereocenters. The van der Waals surface area contributed by atoms with Crippen LogP contribution in [0, 0.1) is 5.92 Å². The van der Waals surface area contributed by atoms with E-state index in [-0.39, 0.29) is 5.92 Å². The standard InChI is InChI=1S/C10H14N2O2S/c13-10(14)8(9-11-6-15-12-9)7-4-2-1-3-5-7/h6-8H,1-5H2,(H,13,14). The highest BCUT2D eigenvalue weighted by Crippen LogP contribution is 2.35. The molecule has 2 rings (SSSR count). The maximum absolute atomic E-state index is 11.2. The van der Waals surface area contributed by atoms with Gasteiger partial charge in [-0.1, -0.05) is 19.3 Å². The summed E-state index contributed by atoms with van der Waals surface area (Å²) < 4.78 is 4.06. The molecule has 1 aromatic heterocycles. The van der Waals surface area contributed by atoms with Crippen molar-refractivity contribution in [2.45, 2.75) is 38.0 Å². The molecule has 1 atom stereocenters. The van der Waals surface area contributed by atoms with Crippen LogP contribution in [0.1, 0.15) is 43.8 Å². The summed E-state index contributed by atoms with van der Waals surface area (Å²) in [4.78, 5) is 15.3. The van der Waals surface area contributed by atoms with E-state index >= 15 is 0 Å². The number of carboxylic acid groups (broad SMARTS) is 1. The minimum absolute atomic E-state index is 0.228. The number of rotatable bonds is 3. The van der Waals surface area contributed by atoms with Crippen LogP contribution in [0.5, 0.6) is 0 Å². The second kappa shape index (κ2) is 4.70. The topological polar surface area (TPSA) is 63.1 Å². The number of carbonyl (C=O) groups is 1. The molecule has 1 aliphatic carbocycles. The average Bonchev–Trinajstić information content (AvgIpc) is 2.72. The molecule has 0 spiro atoms. The van der Waals surface area contributed by atoms with Gasteiger partial charge in [0.1, 0.15) is 11.4 Å². The molecule has 0 saturated heterocycles. The Morgan fingerprint density at radius 1 is 1.47 bits per heavy atom. The Bertz CT molecular complexity index is 320. The van der Waals surface area contributed by atoms with Crippen molar-refractivity contribution in [2.75, 3.05) is 0 Å². The number of nitrogens with zero attached hydrogens (tertiary/aromatic N) is 2. The van der Waals surface area contributed by atoms with Crippen LogP contribution in [-0.4, -0.2) is 20.4 Å². The molecule has 1 aliphatic rings. The number of hydrogen-bond acceptors (Lipinski definition) is 4. The fourth-order valence-electron chi connectivity index (χ4n) is 2.31. The van der Waals surface area contributed by atoms with E-state index in [1.165, 1.54) is 18.0 Å². The van der Waals surface area contributed by atoms with Crippen LogP contribution >= 0.6 is 11.5 Å². The van der Waals surface area contributed by atoms with Gasteiger partial charge in [0.2, 0.25) is 0 Å². The quantitative estimate of drug-likeness (QED) is 0.858. The molecular formula is C10H14N2O2S. The van der Waals surface area contributed by atoms with E-state index in [2.05, 4.69) is 9.36 Å². The maximum atomic E-state index is 11.2. The third-order valence-electron chi connectivity index (χ3n) is 3.04. The van der Waals surface area contributed by atoms with Gasteiger partial charge in [0.15, 0.2) is 5.82 Å². The van der Waals surface area contributed by atoms with E-state index in [1.807, 2.05) is 0 Å². The molecule has 0 radical (unpaired) electrons. The zero-order valence-electron chi connectivity index (χ0n) is 8.43. The van der Waals surface area contributed by atoms with Crippen molar-refractivity contribution in [3.05, 3.63) is 11.3 Å². The molecule has 1 fully saturated rings. The molecule has 82 valence electrons. The molecule has 0 aromatic carbocycles. The third kappa shape index (κ3) is 2.34. The zero-order valence-corrected chi connectivity index (χ0v) is 9.24. The zero-order chi connectivity index (χ0) is 10.7. The Kier molecular flexibility index (Phi) is 3.30. The first-order valence-electron chi connectivity index (χ1n) is 5.28. The third-order valence-corrected chi connectivity index (χ3v) is 3.54. The van der Waals surface area contributed by atoms with Crippen LogP contribution < -0.4 is 0 Å². The van der Waals surface area contributed by atoms with Crippen molar-refractivity contribution in [3.63, 3.8) is 0 Å². The first-order valence-corrected chi connectivity index (χ1v) is 6.12. The second-order valence-electron chi connectivity index (χ2n) is 4.00. The van der Waals surface area contributed by atoms with Gasteiger partial charge in [-0.3, -0.25) is 4.79 Å². The number of carboxylic acids is 1. The lowest BCUT2D eigenvalue weighted by Gasteiger charge is -2.25. The largest absolute Gasteiger partial charge is 0.481 e. The minimum atomic E-state index is -0.777. The Balaban J connectivity index is 2.15. The molecule has 1 heterocycles. The van der Waals surface area contributed by atoms with Crippen LogP contribution in [0.25, 0.3) is 0 Å². The van der Waals surface area contributed by atoms with Crippen LogP contribution in [0.15, 0.2) is 5.51 Å². The molecule has 1 aromatic rings. The molecule has 0 bridgehead atoms. The highest BCUT2D eigenvalue weighted by molar-refractivity contribution is 7.03. The van der Waals surface area contributed by atoms with E-state index in [1.54, 1.807) is 5.51 Å². The predicted molar refractivity (Wildman–Crippen MR) is 56.9 cm³/mol. The lowest BCUT2D eigenvalue weighted by Crippen LogP contribution is -2.24. The fraction of sp³-hybridized carbons (Fsp3) is 0.700. The van der Waals surface area contributed by atoms with Crippen molar-refractivity contribution < 1.29 is 9.90 Å². The van der Waals surface area contributed by atoms with Crippen LogP contribution in [0.4, 0.5) is 0 Å². The number of aromatic nitrogens is 2. The highest BCUT2D eigenvalue weighted by atomic mass is 32.1. The van der Waals surface area contributed by atoms with E-state index < -0.39 is 11.9 Å². The highest BCUT2D eigenvalue weighted by Gasteiger charge is 2.33. The first kappa shape index (κ1) is 10.5. The summed E-state index contributed by atoms with van der Waals surface area (Å²) >= 11 is 1.22. The lowest BCUT2D eigenvalue weighted by atomic mass is 9.79. The molecule has 5 heteroatoms. The van der Waals surface area contributed by atoms with Gasteiger partial charge in [-0.2, -0.15) is 4.37 Å². The molecule has 0 aliphatic heterocycles. The monoisotopic (exact) mass is 226 g/mol. The molecular weight excluding hydrogens is 212 g/mol. The van der Waals surface area contributed by atoms with Crippen molar-refractivity contribution in [2.24, 2.45) is 5.92 Å². The molecule has 15 heavy (non-hydrogen) atoms. The van der Waals surface area contributed by atoms with Gasteiger partial charge in [0.25, 0.3) is 0 Å². The first-order chi connectivity index (χ1) is 7.29. The Morgan fingerprint density at radius 3 is 2.73 bits per heavy atom. The fourth-order valence-corrected chi connectivity index (χ4v) is 2.78. The summed E-state index contributed by atoms with van der Waals surface area (Å²) in [5.41, 5.74) is 1.61. The van der Waals surface area contributed by atoms with Crippen LogP contribution in [0.2, 0.25) is 0 Å². The SMILES string of the molecule is O=C(O)C(c1ncsn1)C1CCCCC1. The number of aliphatic carboxylic acids is 1. The van der Waals surface area contributed by atoms with Gasteiger partial charge < -0.3 is 5.11 Å². The summed E-state index contributed by atoms with van der Waals surface area (Å²) in [6.07, 6.45) is 5.50. The van der Waals surface area contributed by atoms with Gasteiger partial charge in [0, 0.05) is 0 Å². The summed E-state index contributed by atoms with van der Waals surface area (Å²) in [5.74, 6) is -0.540. The van der Waals surface area contributed by atoms with Gasteiger partial charge in [-0.05, 0) is 30.3 Å². The van der Waals surface area contributed by atoms with Crippen molar-refractivity contribution >= 4 is 17.5 Å². The molecule has 1 N–H and O–H groups in total. The summed E-state index contributed by atoms with van der Waals surface area (Å²) in [7, 11) is 0. The van der Waals surface area contributed by atoms with Crippen LogP contribution in [0.3, 0.4) is 0 Å². The van der Waals surface area contributed by atoms with E-state index in [0.717, 1.165) is 25.7 Å². The second-order valence-corrected chi connectivity index (χ2v) is 4.61. The normalized spacial score (nSPS) is 20.0. The maximum Gasteiger partial charge on any atom is 0.314 e. The Labute approximate surface area is 92.5 Å². The van der Waals surface area contributed by atoms with E-state index in [0.29, 0.717) is 5.82 Å². The smallest absolute Gasteiger partial charge is 0.314 e. The average molecular weight is 226 g/mol. The van der Waals surface area contributed by atoms with Crippen molar-refractivity contribution in [1.29, 1.82) is 0 Å². The van der Waals surface area contributed by atoms with Crippen LogP contribution in [-0.2, 0) is 4.79 Å². The number of hydrogen-bond donors (Lipinski definition) is 1. The lowest BCUT2D eigenvalue weighted by molar-refractivity contribution is -0.140. The molecule has 0 amide bonds. The molecule has 1 saturated carbocycles. The van der Waals surface area contributed by atoms with Gasteiger partial charge in [-0.25, -0.2) is 4.98 Å². The van der Waals surface area contributed by atoms with E-state index in [9.17, 15) is 9.90 Å². The Morgan fingerprint density at radius 2 is 2.20 bits per heavy atom. The Hall–Kier alpha value is -0.970. The van der Waals surface area contributed by atoms with Gasteiger partial charge >= 0.3 is 5.97 Å². The molecule has 4 nitrogen and oxygen atoms in total. The van der Waals surface area contributed by atoms with E-state index in [4.69, 9.17) is 0 Å². The summed E-state index contributed by atoms with van der Waals surface area (Å²) in [5, 5.41) is 9.22. The van der Waals surface area contributed by atoms with Gasteiger partial charge in [0.05, 0.1) is 0 Å². The predicted octanol–water partition coefficient (Wildman–Crippen LogP) is 2.29.